The van der Waals surface area contributed by atoms with Crippen LogP contribution in [0.1, 0.15) is 22.3 Å². The quantitative estimate of drug-likeness (QED) is 0.684. The number of ether oxygens (including phenoxy) is 1. The second-order valence-electron chi connectivity index (χ2n) is 6.65. The first kappa shape index (κ1) is 19.7. The molecule has 0 bridgehead atoms. The van der Waals surface area contributed by atoms with E-state index in [-0.39, 0.29) is 5.91 Å². The van der Waals surface area contributed by atoms with Crippen molar-refractivity contribution in [3.63, 3.8) is 0 Å². The van der Waals surface area contributed by atoms with Gasteiger partial charge in [0.05, 0.1) is 0 Å². The predicted molar refractivity (Wildman–Crippen MR) is 108 cm³/mol. The molecule has 2 N–H and O–H groups in total. The van der Waals surface area contributed by atoms with E-state index in [0.29, 0.717) is 29.5 Å². The molecule has 0 atom stereocenters. The zero-order valence-corrected chi connectivity index (χ0v) is 16.2. The maximum absolute atomic E-state index is 12.4. The Hall–Kier alpha value is -2.08. The Morgan fingerprint density at radius 2 is 1.96 bits per heavy atom. The van der Waals surface area contributed by atoms with Crippen molar-refractivity contribution >= 4 is 17.5 Å². The van der Waals surface area contributed by atoms with Crippen LogP contribution in [0.2, 0.25) is 5.02 Å². The van der Waals surface area contributed by atoms with Gasteiger partial charge in [-0.2, -0.15) is 0 Å². The lowest BCUT2D eigenvalue weighted by Crippen LogP contribution is -2.44. The lowest BCUT2D eigenvalue weighted by molar-refractivity contribution is 0.0950. The summed E-state index contributed by atoms with van der Waals surface area (Å²) in [4.78, 5) is 14.8. The van der Waals surface area contributed by atoms with E-state index in [1.807, 2.05) is 36.4 Å². The average Bonchev–Trinajstić information content (AvgIpc) is 2.70. The minimum absolute atomic E-state index is 0.0662. The number of hydrogen-bond acceptors (Lipinski definition) is 4. The summed E-state index contributed by atoms with van der Waals surface area (Å²) >= 11 is 5.99. The Balaban J connectivity index is 1.43. The van der Waals surface area contributed by atoms with Crippen molar-refractivity contribution in [3.05, 3.63) is 64.7 Å². The standard InChI is InChI=1S/C21H26ClN3O2/c22-19-6-1-4-17(14-19)16-27-20-7-2-5-18(15-20)21(26)24-8-3-11-25-12-9-23-10-13-25/h1-2,4-7,14-15,23H,3,8-13,16H2,(H,24,26). The zero-order valence-electron chi connectivity index (χ0n) is 15.4. The molecule has 1 fully saturated rings. The van der Waals surface area contributed by atoms with E-state index in [2.05, 4.69) is 15.5 Å². The van der Waals surface area contributed by atoms with E-state index in [1.54, 1.807) is 12.1 Å². The Kier molecular flexibility index (Phi) is 7.51. The maximum Gasteiger partial charge on any atom is 0.251 e. The number of nitrogens with zero attached hydrogens (tertiary/aromatic N) is 1. The topological polar surface area (TPSA) is 53.6 Å². The van der Waals surface area contributed by atoms with Gasteiger partial charge in [-0.05, 0) is 48.9 Å². The number of amides is 1. The number of rotatable bonds is 8. The van der Waals surface area contributed by atoms with Crippen molar-refractivity contribution in [2.45, 2.75) is 13.0 Å². The summed E-state index contributed by atoms with van der Waals surface area (Å²) in [6, 6.07) is 14.8. The van der Waals surface area contributed by atoms with Crippen molar-refractivity contribution < 1.29 is 9.53 Å². The lowest BCUT2D eigenvalue weighted by Gasteiger charge is -2.27. The summed E-state index contributed by atoms with van der Waals surface area (Å²) in [6.07, 6.45) is 0.955. The van der Waals surface area contributed by atoms with Gasteiger partial charge in [0.2, 0.25) is 0 Å². The fraction of sp³-hybridized carbons (Fsp3) is 0.381. The smallest absolute Gasteiger partial charge is 0.251 e. The molecule has 0 aromatic heterocycles. The van der Waals surface area contributed by atoms with Crippen LogP contribution in [0.3, 0.4) is 0 Å². The van der Waals surface area contributed by atoms with Gasteiger partial charge in [0.25, 0.3) is 5.91 Å². The molecule has 3 rings (SSSR count). The Morgan fingerprint density at radius 1 is 1.15 bits per heavy atom. The van der Waals surface area contributed by atoms with E-state index in [4.69, 9.17) is 16.3 Å². The molecule has 0 unspecified atom stereocenters. The molecular formula is C21H26ClN3O2. The van der Waals surface area contributed by atoms with Crippen LogP contribution in [0.4, 0.5) is 0 Å². The van der Waals surface area contributed by atoms with Crippen LogP contribution in [-0.2, 0) is 6.61 Å². The molecule has 144 valence electrons. The van der Waals surface area contributed by atoms with Gasteiger partial charge in [0.1, 0.15) is 12.4 Å². The van der Waals surface area contributed by atoms with Gasteiger partial charge in [-0.15, -0.1) is 0 Å². The average molecular weight is 388 g/mol. The highest BCUT2D eigenvalue weighted by molar-refractivity contribution is 6.30. The van der Waals surface area contributed by atoms with Gasteiger partial charge in [-0.25, -0.2) is 0 Å². The molecule has 6 heteroatoms. The molecule has 27 heavy (non-hydrogen) atoms. The lowest BCUT2D eigenvalue weighted by atomic mass is 10.2. The largest absolute Gasteiger partial charge is 0.489 e. The summed E-state index contributed by atoms with van der Waals surface area (Å²) in [5.41, 5.74) is 1.60. The number of halogens is 1. The molecule has 1 aliphatic rings. The van der Waals surface area contributed by atoms with Crippen LogP contribution in [0.25, 0.3) is 0 Å². The van der Waals surface area contributed by atoms with Gasteiger partial charge in [-0.3, -0.25) is 4.79 Å². The number of benzene rings is 2. The van der Waals surface area contributed by atoms with Crippen molar-refractivity contribution in [3.8, 4) is 5.75 Å². The maximum atomic E-state index is 12.4. The highest BCUT2D eigenvalue weighted by Gasteiger charge is 2.10. The van der Waals surface area contributed by atoms with Gasteiger partial charge < -0.3 is 20.3 Å². The van der Waals surface area contributed by atoms with Crippen molar-refractivity contribution in [1.29, 1.82) is 0 Å². The molecule has 5 nitrogen and oxygen atoms in total. The van der Waals surface area contributed by atoms with Gasteiger partial charge in [0, 0.05) is 43.3 Å². The second kappa shape index (κ2) is 10.3. The first-order valence-corrected chi connectivity index (χ1v) is 9.77. The summed E-state index contributed by atoms with van der Waals surface area (Å²) in [5, 5.41) is 7.02. The number of piperazine rings is 1. The van der Waals surface area contributed by atoms with Crippen LogP contribution in [0.5, 0.6) is 5.75 Å². The van der Waals surface area contributed by atoms with Gasteiger partial charge >= 0.3 is 0 Å². The monoisotopic (exact) mass is 387 g/mol. The first-order valence-electron chi connectivity index (χ1n) is 9.39. The van der Waals surface area contributed by atoms with Gasteiger partial charge in [-0.1, -0.05) is 29.8 Å². The molecule has 0 radical (unpaired) electrons. The molecule has 1 saturated heterocycles. The molecule has 0 saturated carbocycles. The molecular weight excluding hydrogens is 362 g/mol. The molecule has 1 heterocycles. The van der Waals surface area contributed by atoms with Crippen LogP contribution in [0.15, 0.2) is 48.5 Å². The molecule has 1 amide bonds. The number of carbonyl (C=O) groups excluding carboxylic acids is 1. The number of nitrogens with one attached hydrogen (secondary N) is 2. The third-order valence-electron chi connectivity index (χ3n) is 4.54. The van der Waals surface area contributed by atoms with Gasteiger partial charge in [0.15, 0.2) is 0 Å². The van der Waals surface area contributed by atoms with Crippen molar-refractivity contribution in [2.24, 2.45) is 0 Å². The van der Waals surface area contributed by atoms with Crippen LogP contribution in [-0.4, -0.2) is 50.1 Å². The van der Waals surface area contributed by atoms with E-state index >= 15 is 0 Å². The van der Waals surface area contributed by atoms with E-state index < -0.39 is 0 Å². The highest BCUT2D eigenvalue weighted by atomic mass is 35.5. The normalized spacial score (nSPS) is 14.7. The highest BCUT2D eigenvalue weighted by Crippen LogP contribution is 2.17. The van der Waals surface area contributed by atoms with Crippen LogP contribution >= 0.6 is 11.6 Å². The fourth-order valence-corrected chi connectivity index (χ4v) is 3.27. The summed E-state index contributed by atoms with van der Waals surface area (Å²) in [6.45, 7) is 6.38. The molecule has 1 aliphatic heterocycles. The van der Waals surface area contributed by atoms with Crippen molar-refractivity contribution in [2.75, 3.05) is 39.3 Å². The minimum Gasteiger partial charge on any atom is -0.489 e. The minimum atomic E-state index is -0.0662. The third kappa shape index (κ3) is 6.54. The Morgan fingerprint density at radius 3 is 2.78 bits per heavy atom. The number of carbonyl (C=O) groups is 1. The molecule has 2 aromatic carbocycles. The Bertz CT molecular complexity index is 748. The summed E-state index contributed by atoms with van der Waals surface area (Å²) in [7, 11) is 0. The molecule has 0 aliphatic carbocycles. The second-order valence-corrected chi connectivity index (χ2v) is 7.08. The third-order valence-corrected chi connectivity index (χ3v) is 4.77. The summed E-state index contributed by atoms with van der Waals surface area (Å²) in [5.74, 6) is 0.604. The zero-order chi connectivity index (χ0) is 18.9. The molecule has 0 spiro atoms. The fourth-order valence-electron chi connectivity index (χ4n) is 3.06. The van der Waals surface area contributed by atoms with Crippen LogP contribution < -0.4 is 15.4 Å². The SMILES string of the molecule is O=C(NCCCN1CCNCC1)c1cccc(OCc2cccc(Cl)c2)c1. The number of hydrogen-bond donors (Lipinski definition) is 2. The molecule has 2 aromatic rings. The van der Waals surface area contributed by atoms with E-state index in [9.17, 15) is 4.79 Å². The Labute approximate surface area is 165 Å². The predicted octanol–water partition coefficient (Wildman–Crippen LogP) is 2.94. The summed E-state index contributed by atoms with van der Waals surface area (Å²) < 4.78 is 5.79. The van der Waals surface area contributed by atoms with E-state index in [0.717, 1.165) is 44.7 Å². The first-order chi connectivity index (χ1) is 13.2. The van der Waals surface area contributed by atoms with Crippen LogP contribution in [0, 0.1) is 0 Å². The van der Waals surface area contributed by atoms with E-state index in [1.165, 1.54) is 0 Å². The van der Waals surface area contributed by atoms with Crippen molar-refractivity contribution in [1.82, 2.24) is 15.5 Å².